The summed E-state index contributed by atoms with van der Waals surface area (Å²) in [5.74, 6) is -0.612. The van der Waals surface area contributed by atoms with E-state index in [2.05, 4.69) is 5.32 Å². The van der Waals surface area contributed by atoms with Crippen molar-refractivity contribution in [3.05, 3.63) is 71.8 Å². The number of hydrogen-bond donors (Lipinski definition) is 1. The molecule has 1 amide bonds. The number of hydrogen-bond acceptors (Lipinski definition) is 6. The molecule has 7 heteroatoms. The maximum Gasteiger partial charge on any atom is 0.408 e. The van der Waals surface area contributed by atoms with E-state index >= 15 is 0 Å². The third-order valence-corrected chi connectivity index (χ3v) is 4.00. The number of alkyl carbamates (subject to hydrolysis) is 1. The standard InChI is InChI=1S/C22H27NO6/c1-17(28-14-18-9-5-3-6-10-18)13-27-16-20(21(24)26-2)23-22(25)29-15-19-11-7-4-8-12-19/h3-12,17,20H,13-16H2,1-2H3,(H,23,25)/t17-,20-/m0/s1. The van der Waals surface area contributed by atoms with Crippen LogP contribution in [0.15, 0.2) is 60.7 Å². The average Bonchev–Trinajstić information content (AvgIpc) is 2.76. The van der Waals surface area contributed by atoms with E-state index in [0.717, 1.165) is 11.1 Å². The highest BCUT2D eigenvalue weighted by Gasteiger charge is 2.23. The van der Waals surface area contributed by atoms with Crippen LogP contribution in [0.4, 0.5) is 4.79 Å². The Kier molecular flexibility index (Phi) is 9.68. The molecule has 0 unspecified atom stereocenters. The first kappa shape index (κ1) is 22.4. The summed E-state index contributed by atoms with van der Waals surface area (Å²) in [7, 11) is 1.25. The lowest BCUT2D eigenvalue weighted by Crippen LogP contribution is -2.45. The summed E-state index contributed by atoms with van der Waals surface area (Å²) in [5, 5.41) is 2.47. The van der Waals surface area contributed by atoms with Crippen molar-refractivity contribution in [3.63, 3.8) is 0 Å². The predicted octanol–water partition coefficient (Wildman–Crippen LogP) is 3.08. The van der Waals surface area contributed by atoms with Crippen LogP contribution in [0.5, 0.6) is 0 Å². The first-order valence-electron chi connectivity index (χ1n) is 9.36. The molecule has 0 saturated heterocycles. The van der Waals surface area contributed by atoms with Crippen LogP contribution in [0.2, 0.25) is 0 Å². The van der Waals surface area contributed by atoms with Gasteiger partial charge >= 0.3 is 12.1 Å². The summed E-state index contributed by atoms with van der Waals surface area (Å²) in [5.41, 5.74) is 1.91. The predicted molar refractivity (Wildman–Crippen MR) is 107 cm³/mol. The number of carbonyl (C=O) groups is 2. The normalized spacial score (nSPS) is 12.6. The van der Waals surface area contributed by atoms with Crippen LogP contribution in [-0.2, 0) is 37.0 Å². The molecule has 1 N–H and O–H groups in total. The molecule has 0 bridgehead atoms. The van der Waals surface area contributed by atoms with Gasteiger partial charge in [-0.3, -0.25) is 0 Å². The number of carbonyl (C=O) groups excluding carboxylic acids is 2. The van der Waals surface area contributed by atoms with Gasteiger partial charge in [-0.1, -0.05) is 60.7 Å². The van der Waals surface area contributed by atoms with Gasteiger partial charge in [-0.2, -0.15) is 0 Å². The summed E-state index contributed by atoms with van der Waals surface area (Å²) in [4.78, 5) is 23.9. The Morgan fingerprint density at radius 3 is 2.07 bits per heavy atom. The van der Waals surface area contributed by atoms with Gasteiger partial charge in [0.2, 0.25) is 0 Å². The molecule has 29 heavy (non-hydrogen) atoms. The van der Waals surface area contributed by atoms with Gasteiger partial charge in [-0.15, -0.1) is 0 Å². The van der Waals surface area contributed by atoms with E-state index in [1.807, 2.05) is 67.6 Å². The molecule has 0 saturated carbocycles. The van der Waals surface area contributed by atoms with Crippen LogP contribution in [0.3, 0.4) is 0 Å². The fraction of sp³-hybridized carbons (Fsp3) is 0.364. The molecule has 0 aliphatic heterocycles. The fourth-order valence-electron chi connectivity index (χ4n) is 2.43. The summed E-state index contributed by atoms with van der Waals surface area (Å²) in [6, 6.07) is 18.1. The molecule has 0 spiro atoms. The summed E-state index contributed by atoms with van der Waals surface area (Å²) in [6.07, 6.45) is -0.903. The van der Waals surface area contributed by atoms with Gasteiger partial charge < -0.3 is 24.3 Å². The van der Waals surface area contributed by atoms with Crippen molar-refractivity contribution in [2.75, 3.05) is 20.3 Å². The molecule has 0 heterocycles. The Hall–Kier alpha value is -2.90. The Balaban J connectivity index is 1.71. The van der Waals surface area contributed by atoms with Crippen LogP contribution in [0, 0.1) is 0 Å². The van der Waals surface area contributed by atoms with Gasteiger partial charge in [-0.25, -0.2) is 9.59 Å². The molecule has 2 atom stereocenters. The van der Waals surface area contributed by atoms with Crippen molar-refractivity contribution in [2.24, 2.45) is 0 Å². The summed E-state index contributed by atoms with van der Waals surface area (Å²) >= 11 is 0. The number of benzene rings is 2. The van der Waals surface area contributed by atoms with Crippen molar-refractivity contribution >= 4 is 12.1 Å². The number of methoxy groups -OCH3 is 1. The van der Waals surface area contributed by atoms with Crippen molar-refractivity contribution < 1.29 is 28.5 Å². The van der Waals surface area contributed by atoms with Gasteiger partial charge in [0.1, 0.15) is 6.61 Å². The van der Waals surface area contributed by atoms with Gasteiger partial charge in [0.15, 0.2) is 6.04 Å². The maximum absolute atomic E-state index is 12.0. The lowest BCUT2D eigenvalue weighted by atomic mass is 10.2. The van der Waals surface area contributed by atoms with Gasteiger partial charge in [0, 0.05) is 0 Å². The third-order valence-electron chi connectivity index (χ3n) is 4.00. The van der Waals surface area contributed by atoms with E-state index < -0.39 is 18.1 Å². The number of ether oxygens (including phenoxy) is 4. The average molecular weight is 401 g/mol. The summed E-state index contributed by atoms with van der Waals surface area (Å²) in [6.45, 7) is 2.66. The highest BCUT2D eigenvalue weighted by molar-refractivity contribution is 5.81. The number of amides is 1. The molecule has 7 nitrogen and oxygen atoms in total. The quantitative estimate of drug-likeness (QED) is 0.583. The van der Waals surface area contributed by atoms with Crippen LogP contribution in [-0.4, -0.2) is 44.5 Å². The molecular formula is C22H27NO6. The van der Waals surface area contributed by atoms with Crippen molar-refractivity contribution in [1.29, 1.82) is 0 Å². The molecule has 0 aliphatic rings. The zero-order chi connectivity index (χ0) is 20.9. The molecule has 2 rings (SSSR count). The van der Waals surface area contributed by atoms with Crippen molar-refractivity contribution in [2.45, 2.75) is 32.3 Å². The molecule has 2 aromatic rings. The molecule has 156 valence electrons. The van der Waals surface area contributed by atoms with Crippen LogP contribution in [0.25, 0.3) is 0 Å². The maximum atomic E-state index is 12.0. The van der Waals surface area contributed by atoms with Gasteiger partial charge in [0.25, 0.3) is 0 Å². The highest BCUT2D eigenvalue weighted by atomic mass is 16.6. The first-order valence-corrected chi connectivity index (χ1v) is 9.36. The fourth-order valence-corrected chi connectivity index (χ4v) is 2.43. The first-order chi connectivity index (χ1) is 14.1. The number of nitrogens with one attached hydrogen (secondary N) is 1. The van der Waals surface area contributed by atoms with E-state index in [4.69, 9.17) is 18.9 Å². The smallest absolute Gasteiger partial charge is 0.408 e. The Labute approximate surface area is 170 Å². The Morgan fingerprint density at radius 2 is 1.48 bits per heavy atom. The zero-order valence-corrected chi connectivity index (χ0v) is 16.7. The van der Waals surface area contributed by atoms with Crippen LogP contribution < -0.4 is 5.32 Å². The van der Waals surface area contributed by atoms with Crippen molar-refractivity contribution in [1.82, 2.24) is 5.32 Å². The monoisotopic (exact) mass is 401 g/mol. The second kappa shape index (κ2) is 12.5. The van der Waals surface area contributed by atoms with E-state index in [-0.39, 0.29) is 25.9 Å². The molecule has 2 aromatic carbocycles. The van der Waals surface area contributed by atoms with E-state index in [0.29, 0.717) is 6.61 Å². The van der Waals surface area contributed by atoms with E-state index in [1.165, 1.54) is 7.11 Å². The minimum Gasteiger partial charge on any atom is -0.467 e. The van der Waals surface area contributed by atoms with Gasteiger partial charge in [0.05, 0.1) is 33.0 Å². The second-order valence-electron chi connectivity index (χ2n) is 6.43. The molecule has 0 radical (unpaired) electrons. The highest BCUT2D eigenvalue weighted by Crippen LogP contribution is 2.05. The SMILES string of the molecule is COC(=O)[C@H](COC[C@H](C)OCc1ccccc1)NC(=O)OCc1ccccc1. The zero-order valence-electron chi connectivity index (χ0n) is 16.7. The minimum absolute atomic E-state index is 0.0495. The summed E-state index contributed by atoms with van der Waals surface area (Å²) < 4.78 is 21.1. The van der Waals surface area contributed by atoms with Crippen LogP contribution >= 0.6 is 0 Å². The number of rotatable bonds is 11. The Morgan fingerprint density at radius 1 is 0.897 bits per heavy atom. The second-order valence-corrected chi connectivity index (χ2v) is 6.43. The minimum atomic E-state index is -0.968. The molecule has 0 fully saturated rings. The van der Waals surface area contributed by atoms with E-state index in [9.17, 15) is 9.59 Å². The molecule has 0 aliphatic carbocycles. The number of esters is 1. The Bertz CT molecular complexity index is 737. The molecule has 0 aromatic heterocycles. The third kappa shape index (κ3) is 8.76. The topological polar surface area (TPSA) is 83.1 Å². The van der Waals surface area contributed by atoms with Crippen LogP contribution in [0.1, 0.15) is 18.1 Å². The lowest BCUT2D eigenvalue weighted by Gasteiger charge is -2.18. The largest absolute Gasteiger partial charge is 0.467 e. The van der Waals surface area contributed by atoms with E-state index in [1.54, 1.807) is 0 Å². The van der Waals surface area contributed by atoms with Crippen molar-refractivity contribution in [3.8, 4) is 0 Å². The molecular weight excluding hydrogens is 374 g/mol. The van der Waals surface area contributed by atoms with Gasteiger partial charge in [-0.05, 0) is 18.1 Å². The lowest BCUT2D eigenvalue weighted by molar-refractivity contribution is -0.145.